The van der Waals surface area contributed by atoms with E-state index < -0.39 is 5.97 Å². The van der Waals surface area contributed by atoms with Gasteiger partial charge in [-0.15, -0.1) is 0 Å². The number of nitrogens with one attached hydrogen (secondary N) is 2. The lowest BCUT2D eigenvalue weighted by Crippen LogP contribution is -2.50. The highest BCUT2D eigenvalue weighted by Crippen LogP contribution is 2.45. The minimum absolute atomic E-state index is 0.00483. The Labute approximate surface area is 153 Å². The van der Waals surface area contributed by atoms with Crippen molar-refractivity contribution in [1.82, 2.24) is 5.32 Å². The molecule has 1 saturated heterocycles. The summed E-state index contributed by atoms with van der Waals surface area (Å²) in [5.74, 6) is -0.495. The number of hydrogen-bond donors (Lipinski definition) is 4. The first kappa shape index (κ1) is 18.6. The Morgan fingerprint density at radius 1 is 1.15 bits per heavy atom. The fourth-order valence-corrected chi connectivity index (χ4v) is 4.49. The maximum atomic E-state index is 12.9. The normalized spacial score (nSPS) is 28.6. The van der Waals surface area contributed by atoms with Gasteiger partial charge in [0.2, 0.25) is 0 Å². The van der Waals surface area contributed by atoms with Gasteiger partial charge in [-0.3, -0.25) is 15.0 Å². The second-order valence-electron chi connectivity index (χ2n) is 7.84. The van der Waals surface area contributed by atoms with E-state index in [9.17, 15) is 9.59 Å². The molecule has 1 spiro atoms. The van der Waals surface area contributed by atoms with Crippen LogP contribution in [0.15, 0.2) is 24.3 Å². The molecule has 3 rings (SSSR count). The molecule has 1 saturated carbocycles. The Balaban J connectivity index is 1.60. The molecule has 1 unspecified atom stereocenters. The first-order valence-corrected chi connectivity index (χ1v) is 9.33. The summed E-state index contributed by atoms with van der Waals surface area (Å²) in [6.07, 6.45) is 6.00. The Kier molecular flexibility index (Phi) is 5.41. The van der Waals surface area contributed by atoms with E-state index in [1.165, 1.54) is 0 Å². The van der Waals surface area contributed by atoms with E-state index in [2.05, 4.69) is 5.32 Å². The molecule has 2 fully saturated rings. The molecule has 2 aliphatic rings. The number of rotatable bonds is 5. The molecule has 140 valence electrons. The molecule has 0 bridgehead atoms. The Hall–Kier alpha value is -2.21. The molecule has 1 aliphatic heterocycles. The highest BCUT2D eigenvalue weighted by Gasteiger charge is 2.40. The second kappa shape index (κ2) is 7.58. The van der Waals surface area contributed by atoms with Crippen molar-refractivity contribution in [3.8, 4) is 0 Å². The highest BCUT2D eigenvalue weighted by molar-refractivity contribution is 6.10. The number of nitrogens with two attached hydrogens (primary N) is 1. The van der Waals surface area contributed by atoms with Gasteiger partial charge >= 0.3 is 5.97 Å². The summed E-state index contributed by atoms with van der Waals surface area (Å²) < 4.78 is 0. The number of carbonyl (C=O) groups is 2. The fraction of sp³-hybridized carbons (Fsp3) is 0.550. The molecule has 1 aliphatic carbocycles. The van der Waals surface area contributed by atoms with Crippen LogP contribution in [-0.2, 0) is 4.79 Å². The lowest BCUT2D eigenvalue weighted by Gasteiger charge is -2.45. The number of piperidine rings is 1. The van der Waals surface area contributed by atoms with Gasteiger partial charge < -0.3 is 16.2 Å². The number of benzene rings is 1. The summed E-state index contributed by atoms with van der Waals surface area (Å²) in [5, 5.41) is 20.1. The zero-order chi connectivity index (χ0) is 18.7. The number of amidine groups is 1. The summed E-state index contributed by atoms with van der Waals surface area (Å²) in [4.78, 5) is 23.8. The molecule has 5 N–H and O–H groups in total. The van der Waals surface area contributed by atoms with Crippen LogP contribution in [0.1, 0.15) is 60.9 Å². The van der Waals surface area contributed by atoms with E-state index in [0.717, 1.165) is 45.1 Å². The molecule has 6 nitrogen and oxygen atoms in total. The standard InChI is InChI=1S/C20H27N3O3/c21-19(22)15-4-2-1-3-14(15)18(26)16-7-10-20(12-23-16)8-5-13(6-9-20)11-17(24)25/h1-4,13,16,23H,5-12H2,(H3,21,22)(H,24,25). The number of nitrogen functional groups attached to an aromatic ring is 1. The van der Waals surface area contributed by atoms with Gasteiger partial charge in [0.15, 0.2) is 5.78 Å². The van der Waals surface area contributed by atoms with Gasteiger partial charge in [0.1, 0.15) is 5.84 Å². The molecule has 1 aromatic carbocycles. The van der Waals surface area contributed by atoms with E-state index in [0.29, 0.717) is 17.0 Å². The molecule has 0 aromatic heterocycles. The summed E-state index contributed by atoms with van der Waals surface area (Å²) in [6.45, 7) is 0.797. The van der Waals surface area contributed by atoms with Crippen LogP contribution in [-0.4, -0.2) is 35.3 Å². The second-order valence-corrected chi connectivity index (χ2v) is 7.84. The van der Waals surface area contributed by atoms with E-state index in [-0.39, 0.29) is 29.5 Å². The molecular formula is C20H27N3O3. The summed E-state index contributed by atoms with van der Waals surface area (Å²) >= 11 is 0. The van der Waals surface area contributed by atoms with Crippen LogP contribution in [0.3, 0.4) is 0 Å². The van der Waals surface area contributed by atoms with Gasteiger partial charge in [0, 0.05) is 24.1 Å². The molecule has 1 atom stereocenters. The van der Waals surface area contributed by atoms with Crippen LogP contribution < -0.4 is 11.1 Å². The van der Waals surface area contributed by atoms with Gasteiger partial charge in [0.05, 0.1) is 6.04 Å². The summed E-state index contributed by atoms with van der Waals surface area (Å²) in [5.41, 5.74) is 6.82. The SMILES string of the molecule is N=C(N)c1ccccc1C(=O)C1CCC2(CCC(CC(=O)O)CC2)CN1. The zero-order valence-corrected chi connectivity index (χ0v) is 15.0. The van der Waals surface area contributed by atoms with Crippen molar-refractivity contribution in [3.63, 3.8) is 0 Å². The van der Waals surface area contributed by atoms with Crippen LogP contribution in [0.5, 0.6) is 0 Å². The smallest absolute Gasteiger partial charge is 0.303 e. The Morgan fingerprint density at radius 3 is 2.31 bits per heavy atom. The minimum atomic E-state index is -0.706. The topological polar surface area (TPSA) is 116 Å². The van der Waals surface area contributed by atoms with Crippen molar-refractivity contribution in [2.45, 2.75) is 51.0 Å². The van der Waals surface area contributed by atoms with E-state index in [1.54, 1.807) is 24.3 Å². The molecule has 1 aromatic rings. The largest absolute Gasteiger partial charge is 0.481 e. The minimum Gasteiger partial charge on any atom is -0.481 e. The van der Waals surface area contributed by atoms with Crippen molar-refractivity contribution >= 4 is 17.6 Å². The van der Waals surface area contributed by atoms with E-state index >= 15 is 0 Å². The number of hydrogen-bond acceptors (Lipinski definition) is 4. The number of carbonyl (C=O) groups excluding carboxylic acids is 1. The highest BCUT2D eigenvalue weighted by atomic mass is 16.4. The number of Topliss-reactive ketones (excluding diaryl/α,β-unsaturated/α-hetero) is 1. The average Bonchev–Trinajstić information content (AvgIpc) is 2.63. The van der Waals surface area contributed by atoms with Gasteiger partial charge in [0.25, 0.3) is 0 Å². The van der Waals surface area contributed by atoms with E-state index in [4.69, 9.17) is 16.2 Å². The van der Waals surface area contributed by atoms with Crippen LogP contribution in [0.2, 0.25) is 0 Å². The molecule has 26 heavy (non-hydrogen) atoms. The maximum absolute atomic E-state index is 12.9. The Morgan fingerprint density at radius 2 is 1.77 bits per heavy atom. The predicted octanol–water partition coefficient (Wildman–Crippen LogP) is 2.56. The third-order valence-corrected chi connectivity index (χ3v) is 6.12. The fourth-order valence-electron chi connectivity index (χ4n) is 4.49. The summed E-state index contributed by atoms with van der Waals surface area (Å²) in [7, 11) is 0. The number of carboxylic acids is 1. The maximum Gasteiger partial charge on any atom is 0.303 e. The predicted molar refractivity (Wildman–Crippen MR) is 99.5 cm³/mol. The third kappa shape index (κ3) is 3.96. The van der Waals surface area contributed by atoms with Crippen molar-refractivity contribution < 1.29 is 14.7 Å². The lowest BCUT2D eigenvalue weighted by atomic mass is 9.65. The molecule has 1 heterocycles. The van der Waals surface area contributed by atoms with E-state index in [1.807, 2.05) is 0 Å². The zero-order valence-electron chi connectivity index (χ0n) is 15.0. The third-order valence-electron chi connectivity index (χ3n) is 6.12. The van der Waals surface area contributed by atoms with Crippen LogP contribution in [0, 0.1) is 16.7 Å². The molecule has 0 radical (unpaired) electrons. The van der Waals surface area contributed by atoms with Gasteiger partial charge in [-0.2, -0.15) is 0 Å². The monoisotopic (exact) mass is 357 g/mol. The lowest BCUT2D eigenvalue weighted by molar-refractivity contribution is -0.138. The van der Waals surface area contributed by atoms with Crippen molar-refractivity contribution in [1.29, 1.82) is 5.41 Å². The van der Waals surface area contributed by atoms with Crippen LogP contribution in [0.25, 0.3) is 0 Å². The van der Waals surface area contributed by atoms with Crippen molar-refractivity contribution in [2.24, 2.45) is 17.1 Å². The number of carboxylic acid groups (broad SMARTS) is 1. The van der Waals surface area contributed by atoms with Crippen LogP contribution >= 0.6 is 0 Å². The quantitative estimate of drug-likeness (QED) is 0.367. The average molecular weight is 357 g/mol. The summed E-state index contributed by atoms with van der Waals surface area (Å²) in [6, 6.07) is 6.80. The first-order valence-electron chi connectivity index (χ1n) is 9.33. The van der Waals surface area contributed by atoms with Crippen LogP contribution in [0.4, 0.5) is 0 Å². The van der Waals surface area contributed by atoms with Gasteiger partial charge in [-0.1, -0.05) is 24.3 Å². The number of aliphatic carboxylic acids is 1. The van der Waals surface area contributed by atoms with Gasteiger partial charge in [-0.25, -0.2) is 0 Å². The Bertz CT molecular complexity index is 698. The van der Waals surface area contributed by atoms with Crippen molar-refractivity contribution in [2.75, 3.05) is 6.54 Å². The number of ketones is 1. The molecular weight excluding hydrogens is 330 g/mol. The van der Waals surface area contributed by atoms with Crippen molar-refractivity contribution in [3.05, 3.63) is 35.4 Å². The van der Waals surface area contributed by atoms with Gasteiger partial charge in [-0.05, 0) is 49.9 Å². The molecule has 0 amide bonds. The first-order chi connectivity index (χ1) is 12.4. The molecule has 6 heteroatoms.